The SMILES string of the molecule is O=C1C(=O)N(c2ccc(Cl)cc2)C(c2ccccc2F)/C1=C(\O)c1ccccc1. The van der Waals surface area contributed by atoms with Crippen LogP contribution in [0.3, 0.4) is 0 Å². The van der Waals surface area contributed by atoms with Crippen molar-refractivity contribution in [3.05, 3.63) is 106 Å². The highest BCUT2D eigenvalue weighted by molar-refractivity contribution is 6.51. The highest BCUT2D eigenvalue weighted by Gasteiger charge is 2.47. The molecule has 4 nitrogen and oxygen atoms in total. The molecule has 1 amide bonds. The van der Waals surface area contributed by atoms with Gasteiger partial charge in [0, 0.05) is 21.8 Å². The molecular weight excluding hydrogens is 393 g/mol. The minimum atomic E-state index is -1.11. The third-order valence-electron chi connectivity index (χ3n) is 4.80. The summed E-state index contributed by atoms with van der Waals surface area (Å²) < 4.78 is 14.7. The van der Waals surface area contributed by atoms with Gasteiger partial charge in [0.2, 0.25) is 0 Å². The van der Waals surface area contributed by atoms with Gasteiger partial charge in [-0.05, 0) is 30.3 Å². The number of aliphatic hydroxyl groups excluding tert-OH is 1. The Balaban J connectivity index is 1.97. The summed E-state index contributed by atoms with van der Waals surface area (Å²) in [6.07, 6.45) is 0. The standard InChI is InChI=1S/C23H15ClFNO3/c24-15-10-12-16(13-11-15)26-20(17-8-4-5-9-18(17)25)19(22(28)23(26)29)21(27)14-6-2-1-3-7-14/h1-13,20,27H/b21-19+. The molecule has 0 spiro atoms. The van der Waals surface area contributed by atoms with Crippen LogP contribution in [0.2, 0.25) is 5.02 Å². The van der Waals surface area contributed by atoms with Gasteiger partial charge in [0.25, 0.3) is 11.7 Å². The number of anilines is 1. The molecule has 0 bridgehead atoms. The van der Waals surface area contributed by atoms with Gasteiger partial charge >= 0.3 is 0 Å². The topological polar surface area (TPSA) is 57.6 Å². The van der Waals surface area contributed by atoms with E-state index < -0.39 is 23.5 Å². The molecule has 0 radical (unpaired) electrons. The minimum absolute atomic E-state index is 0.110. The quantitative estimate of drug-likeness (QED) is 0.373. The summed E-state index contributed by atoms with van der Waals surface area (Å²) in [5.41, 5.74) is 0.681. The highest BCUT2D eigenvalue weighted by atomic mass is 35.5. The van der Waals surface area contributed by atoms with Crippen LogP contribution in [0, 0.1) is 5.82 Å². The number of benzene rings is 3. The molecule has 3 aromatic carbocycles. The largest absolute Gasteiger partial charge is 0.507 e. The van der Waals surface area contributed by atoms with Crippen molar-refractivity contribution in [3.8, 4) is 0 Å². The number of hydrogen-bond donors (Lipinski definition) is 1. The number of carbonyl (C=O) groups is 2. The molecule has 1 unspecified atom stereocenters. The zero-order valence-corrected chi connectivity index (χ0v) is 15.8. The Morgan fingerprint density at radius 2 is 1.52 bits per heavy atom. The van der Waals surface area contributed by atoms with E-state index in [0.29, 0.717) is 16.3 Å². The van der Waals surface area contributed by atoms with Gasteiger partial charge in [0.05, 0.1) is 11.6 Å². The van der Waals surface area contributed by atoms with Gasteiger partial charge in [-0.2, -0.15) is 0 Å². The first-order valence-electron chi connectivity index (χ1n) is 8.85. The van der Waals surface area contributed by atoms with E-state index in [-0.39, 0.29) is 16.9 Å². The first kappa shape index (κ1) is 18.9. The van der Waals surface area contributed by atoms with Crippen molar-refractivity contribution in [1.29, 1.82) is 0 Å². The van der Waals surface area contributed by atoms with E-state index in [4.69, 9.17) is 11.6 Å². The van der Waals surface area contributed by atoms with Crippen LogP contribution in [0.4, 0.5) is 10.1 Å². The summed E-state index contributed by atoms with van der Waals surface area (Å²) in [5, 5.41) is 11.3. The fraction of sp³-hybridized carbons (Fsp3) is 0.0435. The summed E-state index contributed by atoms with van der Waals surface area (Å²) in [6.45, 7) is 0. The van der Waals surface area contributed by atoms with E-state index in [0.717, 1.165) is 0 Å². The summed E-state index contributed by atoms with van der Waals surface area (Å²) in [7, 11) is 0. The molecule has 4 rings (SSSR count). The molecule has 1 N–H and O–H groups in total. The van der Waals surface area contributed by atoms with Crippen molar-refractivity contribution in [2.75, 3.05) is 4.90 Å². The molecule has 144 valence electrons. The normalized spacial score (nSPS) is 18.3. The number of nitrogens with zero attached hydrogens (tertiary/aromatic N) is 1. The van der Waals surface area contributed by atoms with Crippen molar-refractivity contribution in [3.63, 3.8) is 0 Å². The molecule has 1 aliphatic heterocycles. The summed E-state index contributed by atoms with van der Waals surface area (Å²) in [6, 6.07) is 19.4. The lowest BCUT2D eigenvalue weighted by Crippen LogP contribution is -2.29. The Labute approximate surface area is 171 Å². The molecule has 6 heteroatoms. The molecule has 1 atom stereocenters. The van der Waals surface area contributed by atoms with Crippen LogP contribution in [0.15, 0.2) is 84.4 Å². The van der Waals surface area contributed by atoms with Crippen molar-refractivity contribution in [1.82, 2.24) is 0 Å². The number of carbonyl (C=O) groups excluding carboxylic acids is 2. The Bertz CT molecular complexity index is 1130. The van der Waals surface area contributed by atoms with Gasteiger partial charge in [-0.25, -0.2) is 4.39 Å². The molecule has 0 aliphatic carbocycles. The van der Waals surface area contributed by atoms with Gasteiger partial charge < -0.3 is 5.11 Å². The first-order valence-corrected chi connectivity index (χ1v) is 9.23. The Kier molecular flexibility index (Phi) is 4.91. The second kappa shape index (κ2) is 7.53. The number of ketones is 1. The fourth-order valence-corrected chi connectivity index (χ4v) is 3.57. The van der Waals surface area contributed by atoms with Crippen LogP contribution in [-0.4, -0.2) is 16.8 Å². The van der Waals surface area contributed by atoms with Gasteiger partial charge in [0.15, 0.2) is 0 Å². The van der Waals surface area contributed by atoms with E-state index in [1.54, 1.807) is 60.7 Å². The zero-order chi connectivity index (χ0) is 20.5. The van der Waals surface area contributed by atoms with Crippen molar-refractivity contribution >= 4 is 34.7 Å². The van der Waals surface area contributed by atoms with Gasteiger partial charge in [-0.1, -0.05) is 60.1 Å². The Hall–Kier alpha value is -3.44. The third kappa shape index (κ3) is 3.30. The first-order chi connectivity index (χ1) is 14.0. The zero-order valence-electron chi connectivity index (χ0n) is 15.0. The van der Waals surface area contributed by atoms with E-state index >= 15 is 0 Å². The maximum atomic E-state index is 14.7. The third-order valence-corrected chi connectivity index (χ3v) is 5.05. The van der Waals surface area contributed by atoms with E-state index in [1.165, 1.54) is 23.1 Å². The molecule has 29 heavy (non-hydrogen) atoms. The smallest absolute Gasteiger partial charge is 0.300 e. The van der Waals surface area contributed by atoms with Crippen LogP contribution in [0.5, 0.6) is 0 Å². The van der Waals surface area contributed by atoms with Gasteiger partial charge in [-0.3, -0.25) is 14.5 Å². The maximum Gasteiger partial charge on any atom is 0.300 e. The van der Waals surface area contributed by atoms with Crippen LogP contribution in [-0.2, 0) is 9.59 Å². The average Bonchev–Trinajstić information content (AvgIpc) is 3.00. The number of amides is 1. The van der Waals surface area contributed by atoms with Crippen LogP contribution in [0.25, 0.3) is 5.76 Å². The lowest BCUT2D eigenvalue weighted by Gasteiger charge is -2.25. The maximum absolute atomic E-state index is 14.7. The fourth-order valence-electron chi connectivity index (χ4n) is 3.44. The molecule has 1 aliphatic rings. The number of hydrogen-bond acceptors (Lipinski definition) is 3. The summed E-state index contributed by atoms with van der Waals surface area (Å²) >= 11 is 5.94. The van der Waals surface area contributed by atoms with Crippen molar-refractivity contribution < 1.29 is 19.1 Å². The predicted molar refractivity (Wildman–Crippen MR) is 109 cm³/mol. The van der Waals surface area contributed by atoms with Crippen LogP contribution >= 0.6 is 11.6 Å². The molecular formula is C23H15ClFNO3. The van der Waals surface area contributed by atoms with Crippen LogP contribution < -0.4 is 4.90 Å². The minimum Gasteiger partial charge on any atom is -0.507 e. The van der Waals surface area contributed by atoms with Gasteiger partial charge in [-0.15, -0.1) is 0 Å². The Morgan fingerprint density at radius 1 is 0.897 bits per heavy atom. The molecule has 1 fully saturated rings. The predicted octanol–water partition coefficient (Wildman–Crippen LogP) is 5.11. The average molecular weight is 408 g/mol. The number of aliphatic hydroxyl groups is 1. The molecule has 3 aromatic rings. The molecule has 0 saturated carbocycles. The molecule has 1 saturated heterocycles. The summed E-state index contributed by atoms with van der Waals surface area (Å²) in [4.78, 5) is 27.0. The lowest BCUT2D eigenvalue weighted by molar-refractivity contribution is -0.132. The second-order valence-electron chi connectivity index (χ2n) is 6.53. The second-order valence-corrected chi connectivity index (χ2v) is 6.97. The van der Waals surface area contributed by atoms with E-state index in [1.807, 2.05) is 0 Å². The van der Waals surface area contributed by atoms with E-state index in [9.17, 15) is 19.1 Å². The van der Waals surface area contributed by atoms with Gasteiger partial charge in [0.1, 0.15) is 11.6 Å². The van der Waals surface area contributed by atoms with Crippen molar-refractivity contribution in [2.24, 2.45) is 0 Å². The highest BCUT2D eigenvalue weighted by Crippen LogP contribution is 2.42. The van der Waals surface area contributed by atoms with Crippen LogP contribution in [0.1, 0.15) is 17.2 Å². The monoisotopic (exact) mass is 407 g/mol. The lowest BCUT2D eigenvalue weighted by atomic mass is 9.95. The Morgan fingerprint density at radius 3 is 2.17 bits per heavy atom. The number of Topliss-reactive ketones (excluding diaryl/α,β-unsaturated/α-hetero) is 1. The number of rotatable bonds is 3. The van der Waals surface area contributed by atoms with E-state index in [2.05, 4.69) is 0 Å². The van der Waals surface area contributed by atoms with Crippen molar-refractivity contribution in [2.45, 2.75) is 6.04 Å². The molecule has 0 aromatic heterocycles. The summed E-state index contributed by atoms with van der Waals surface area (Å²) in [5.74, 6) is -2.67. The molecule has 1 heterocycles. The number of halogens is 2.